The summed E-state index contributed by atoms with van der Waals surface area (Å²) in [6.45, 7) is 2.16. The third-order valence-electron chi connectivity index (χ3n) is 3.68. The molecule has 0 spiro atoms. The van der Waals surface area contributed by atoms with E-state index in [0.29, 0.717) is 18.4 Å². The third kappa shape index (κ3) is 2.54. The molecule has 15 heavy (non-hydrogen) atoms. The molecule has 0 heterocycles. The summed E-state index contributed by atoms with van der Waals surface area (Å²) in [5, 5.41) is 0. The molecule has 2 saturated carbocycles. The smallest absolute Gasteiger partial charge is 0.273 e. The standard InChI is InChI=1S/C9H17NO3S.BrH/c1-2-10(14(11,12)13)9-6-7-3-4-8(9)5-7;/h7-9H,2-6H2,1H3,(H,11,12,13);1H. The molecule has 3 atom stereocenters. The summed E-state index contributed by atoms with van der Waals surface area (Å²) in [7, 11) is -3.99. The first kappa shape index (κ1) is 13.4. The largest absolute Gasteiger partial charge is 0.336 e. The fourth-order valence-corrected chi connectivity index (χ4v) is 4.06. The zero-order valence-corrected chi connectivity index (χ0v) is 11.3. The van der Waals surface area contributed by atoms with Gasteiger partial charge in [-0.1, -0.05) is 13.3 Å². The quantitative estimate of drug-likeness (QED) is 0.810. The highest BCUT2D eigenvalue weighted by Crippen LogP contribution is 2.46. The third-order valence-corrected chi connectivity index (χ3v) is 4.80. The molecule has 2 bridgehead atoms. The fraction of sp³-hybridized carbons (Fsp3) is 1.00. The average Bonchev–Trinajstić information content (AvgIpc) is 2.63. The fourth-order valence-electron chi connectivity index (χ4n) is 3.13. The van der Waals surface area contributed by atoms with Crippen LogP contribution in [0, 0.1) is 11.8 Å². The number of halogens is 1. The second kappa shape index (κ2) is 4.69. The van der Waals surface area contributed by atoms with Crippen LogP contribution in [0.2, 0.25) is 0 Å². The number of hydrogen-bond donors (Lipinski definition) is 1. The molecule has 0 aliphatic heterocycles. The van der Waals surface area contributed by atoms with Crippen LogP contribution in [0.15, 0.2) is 0 Å². The van der Waals surface area contributed by atoms with Gasteiger partial charge in [-0.15, -0.1) is 17.0 Å². The lowest BCUT2D eigenvalue weighted by Crippen LogP contribution is -2.42. The van der Waals surface area contributed by atoms with Crippen molar-refractivity contribution < 1.29 is 13.0 Å². The predicted molar refractivity (Wildman–Crippen MR) is 63.5 cm³/mol. The number of nitrogens with zero attached hydrogens (tertiary/aromatic N) is 1. The minimum Gasteiger partial charge on any atom is -0.273 e. The van der Waals surface area contributed by atoms with E-state index in [1.165, 1.54) is 10.7 Å². The Morgan fingerprint density at radius 2 is 2.00 bits per heavy atom. The predicted octanol–water partition coefficient (Wildman–Crippen LogP) is 1.88. The van der Waals surface area contributed by atoms with E-state index in [1.807, 2.05) is 0 Å². The van der Waals surface area contributed by atoms with Crippen LogP contribution >= 0.6 is 17.0 Å². The molecule has 6 heteroatoms. The molecule has 2 aliphatic carbocycles. The molecule has 2 rings (SSSR count). The molecule has 2 fully saturated rings. The summed E-state index contributed by atoms with van der Waals surface area (Å²) in [5.74, 6) is 1.18. The number of hydrogen-bond acceptors (Lipinski definition) is 2. The van der Waals surface area contributed by atoms with Crippen molar-refractivity contribution in [3.63, 3.8) is 0 Å². The summed E-state index contributed by atoms with van der Waals surface area (Å²) in [4.78, 5) is 0. The first-order valence-corrected chi connectivity index (χ1v) is 6.66. The Balaban J connectivity index is 0.00000112. The SMILES string of the molecule is Br.CCN(C1CC2CCC1C2)S(=O)(=O)O. The summed E-state index contributed by atoms with van der Waals surface area (Å²) < 4.78 is 32.5. The van der Waals surface area contributed by atoms with E-state index in [0.717, 1.165) is 19.3 Å². The van der Waals surface area contributed by atoms with E-state index in [4.69, 9.17) is 4.55 Å². The van der Waals surface area contributed by atoms with E-state index < -0.39 is 10.3 Å². The van der Waals surface area contributed by atoms with Crippen LogP contribution in [0.5, 0.6) is 0 Å². The lowest BCUT2D eigenvalue weighted by molar-refractivity contribution is 0.225. The second-order valence-electron chi connectivity index (χ2n) is 4.42. The molecule has 0 aromatic heterocycles. The summed E-state index contributed by atoms with van der Waals surface area (Å²) in [5.41, 5.74) is 0. The van der Waals surface area contributed by atoms with E-state index in [9.17, 15) is 8.42 Å². The minimum atomic E-state index is -3.99. The molecule has 0 amide bonds. The van der Waals surface area contributed by atoms with Crippen molar-refractivity contribution in [2.75, 3.05) is 6.54 Å². The van der Waals surface area contributed by atoms with Crippen LogP contribution in [0.4, 0.5) is 0 Å². The van der Waals surface area contributed by atoms with Crippen LogP contribution in [0.3, 0.4) is 0 Å². The molecule has 2 aliphatic rings. The molecule has 3 unspecified atom stereocenters. The maximum Gasteiger partial charge on any atom is 0.336 e. The van der Waals surface area contributed by atoms with Gasteiger partial charge >= 0.3 is 10.3 Å². The Morgan fingerprint density at radius 3 is 2.33 bits per heavy atom. The van der Waals surface area contributed by atoms with Gasteiger partial charge in [0.1, 0.15) is 0 Å². The lowest BCUT2D eigenvalue weighted by atomic mass is 9.95. The van der Waals surface area contributed by atoms with Crippen molar-refractivity contribution in [1.29, 1.82) is 0 Å². The summed E-state index contributed by atoms with van der Waals surface area (Å²) in [6.07, 6.45) is 4.46. The average molecular weight is 300 g/mol. The molecule has 0 aromatic carbocycles. The van der Waals surface area contributed by atoms with E-state index in [1.54, 1.807) is 6.92 Å². The molecular formula is C9H18BrNO3S. The molecule has 1 N–H and O–H groups in total. The van der Waals surface area contributed by atoms with E-state index in [-0.39, 0.29) is 23.0 Å². The maximum atomic E-state index is 11.1. The normalized spacial score (nSPS) is 34.5. The highest BCUT2D eigenvalue weighted by Gasteiger charge is 2.44. The van der Waals surface area contributed by atoms with E-state index in [2.05, 4.69) is 0 Å². The van der Waals surface area contributed by atoms with Gasteiger partial charge in [-0.05, 0) is 31.1 Å². The number of fused-ring (bicyclic) bond motifs is 2. The van der Waals surface area contributed by atoms with Crippen molar-refractivity contribution in [2.45, 2.75) is 38.6 Å². The Hall–Kier alpha value is 0.350. The topological polar surface area (TPSA) is 57.6 Å². The van der Waals surface area contributed by atoms with Gasteiger partial charge in [0.05, 0.1) is 0 Å². The van der Waals surface area contributed by atoms with Gasteiger partial charge in [-0.25, -0.2) is 0 Å². The first-order valence-electron chi connectivity index (χ1n) is 5.26. The molecular weight excluding hydrogens is 282 g/mol. The van der Waals surface area contributed by atoms with Crippen molar-refractivity contribution in [3.05, 3.63) is 0 Å². The zero-order valence-electron chi connectivity index (χ0n) is 8.80. The Bertz CT molecular complexity index is 319. The minimum absolute atomic E-state index is 0. The van der Waals surface area contributed by atoms with Crippen LogP contribution < -0.4 is 0 Å². The lowest BCUT2D eigenvalue weighted by Gasteiger charge is -2.30. The van der Waals surface area contributed by atoms with Gasteiger partial charge in [0.25, 0.3) is 0 Å². The van der Waals surface area contributed by atoms with Gasteiger partial charge < -0.3 is 0 Å². The van der Waals surface area contributed by atoms with Gasteiger partial charge in [0.15, 0.2) is 0 Å². The van der Waals surface area contributed by atoms with Crippen LogP contribution in [-0.4, -0.2) is 29.9 Å². The van der Waals surface area contributed by atoms with E-state index >= 15 is 0 Å². The van der Waals surface area contributed by atoms with Gasteiger partial charge in [-0.3, -0.25) is 4.55 Å². The highest BCUT2D eigenvalue weighted by atomic mass is 79.9. The van der Waals surface area contributed by atoms with Crippen LogP contribution in [-0.2, 0) is 10.3 Å². The second-order valence-corrected chi connectivity index (χ2v) is 5.79. The highest BCUT2D eigenvalue weighted by molar-refractivity contribution is 8.93. The Labute approximate surface area is 102 Å². The summed E-state index contributed by atoms with van der Waals surface area (Å²) in [6, 6.07) is 0.0637. The van der Waals surface area contributed by atoms with Crippen molar-refractivity contribution >= 4 is 27.3 Å². The van der Waals surface area contributed by atoms with Crippen molar-refractivity contribution in [3.8, 4) is 0 Å². The van der Waals surface area contributed by atoms with Gasteiger partial charge in [-0.2, -0.15) is 12.7 Å². The van der Waals surface area contributed by atoms with Crippen LogP contribution in [0.1, 0.15) is 32.6 Å². The molecule has 0 saturated heterocycles. The summed E-state index contributed by atoms with van der Waals surface area (Å²) >= 11 is 0. The maximum absolute atomic E-state index is 11.1. The monoisotopic (exact) mass is 299 g/mol. The Kier molecular flexibility index (Phi) is 4.20. The first-order chi connectivity index (χ1) is 6.52. The van der Waals surface area contributed by atoms with Crippen molar-refractivity contribution in [2.24, 2.45) is 11.8 Å². The molecule has 4 nitrogen and oxygen atoms in total. The Morgan fingerprint density at radius 1 is 1.33 bits per heavy atom. The zero-order chi connectivity index (χ0) is 10.3. The van der Waals surface area contributed by atoms with Crippen molar-refractivity contribution in [1.82, 2.24) is 4.31 Å². The van der Waals surface area contributed by atoms with Crippen LogP contribution in [0.25, 0.3) is 0 Å². The van der Waals surface area contributed by atoms with Gasteiger partial charge in [0, 0.05) is 12.6 Å². The molecule has 0 radical (unpaired) electrons. The molecule has 0 aromatic rings. The van der Waals surface area contributed by atoms with Gasteiger partial charge in [0.2, 0.25) is 0 Å². The number of rotatable bonds is 3. The molecule has 90 valence electrons.